The lowest BCUT2D eigenvalue weighted by Crippen LogP contribution is -2.22. The summed E-state index contributed by atoms with van der Waals surface area (Å²) >= 11 is 1.53. The van der Waals surface area contributed by atoms with E-state index in [1.165, 1.54) is 16.7 Å². The Balaban J connectivity index is 2.01. The Labute approximate surface area is 162 Å². The predicted octanol–water partition coefficient (Wildman–Crippen LogP) is 3.35. The molecule has 0 spiro atoms. The lowest BCUT2D eigenvalue weighted by molar-refractivity contribution is -0.136. The summed E-state index contributed by atoms with van der Waals surface area (Å²) in [5.41, 5.74) is 2.51. The maximum atomic E-state index is 12.5. The molecule has 0 unspecified atom stereocenters. The smallest absolute Gasteiger partial charge is 0.304 e. The van der Waals surface area contributed by atoms with Crippen molar-refractivity contribution in [2.45, 2.75) is 12.2 Å². The van der Waals surface area contributed by atoms with Gasteiger partial charge in [0.25, 0.3) is 11.8 Å². The van der Waals surface area contributed by atoms with Crippen molar-refractivity contribution in [3.8, 4) is 0 Å². The van der Waals surface area contributed by atoms with Crippen LogP contribution in [0.2, 0.25) is 0 Å². The molecular formula is C20H22N2O4S. The highest BCUT2D eigenvalue weighted by Crippen LogP contribution is 2.18. The van der Waals surface area contributed by atoms with Crippen LogP contribution in [0.5, 0.6) is 0 Å². The van der Waals surface area contributed by atoms with Gasteiger partial charge >= 0.3 is 5.97 Å². The van der Waals surface area contributed by atoms with Crippen LogP contribution in [0.15, 0.2) is 48.5 Å². The number of nitrogens with zero attached hydrogens (tertiary/aromatic N) is 1. The summed E-state index contributed by atoms with van der Waals surface area (Å²) in [6.45, 7) is 0. The number of aliphatic carboxylic acids is 1. The third-order valence-corrected chi connectivity index (χ3v) is 4.72. The molecule has 0 fully saturated rings. The van der Waals surface area contributed by atoms with Crippen molar-refractivity contribution in [2.75, 3.05) is 25.2 Å². The molecule has 0 heterocycles. The van der Waals surface area contributed by atoms with E-state index in [0.717, 1.165) is 5.56 Å². The molecule has 6 nitrogen and oxygen atoms in total. The van der Waals surface area contributed by atoms with Gasteiger partial charge in [-0.3, -0.25) is 14.4 Å². The van der Waals surface area contributed by atoms with Gasteiger partial charge in [0.05, 0.1) is 6.42 Å². The van der Waals surface area contributed by atoms with Crippen molar-refractivity contribution in [3.05, 3.63) is 65.2 Å². The summed E-state index contributed by atoms with van der Waals surface area (Å²) in [6, 6.07) is 14.0. The van der Waals surface area contributed by atoms with Crippen molar-refractivity contribution in [1.82, 2.24) is 4.90 Å². The van der Waals surface area contributed by atoms with Crippen LogP contribution < -0.4 is 5.32 Å². The van der Waals surface area contributed by atoms with Gasteiger partial charge in [0.1, 0.15) is 0 Å². The van der Waals surface area contributed by atoms with Crippen molar-refractivity contribution in [1.29, 1.82) is 0 Å². The molecule has 0 aliphatic rings. The van der Waals surface area contributed by atoms with Crippen LogP contribution in [0.1, 0.15) is 32.7 Å². The summed E-state index contributed by atoms with van der Waals surface area (Å²) in [5.74, 6) is -0.0507. The number of anilines is 1. The fraction of sp³-hybridized carbons (Fsp3) is 0.250. The number of carboxylic acids is 1. The average Bonchev–Trinajstić information content (AvgIpc) is 2.65. The average molecular weight is 386 g/mol. The van der Waals surface area contributed by atoms with E-state index in [0.29, 0.717) is 28.3 Å². The summed E-state index contributed by atoms with van der Waals surface area (Å²) < 4.78 is 0. The van der Waals surface area contributed by atoms with Crippen molar-refractivity contribution < 1.29 is 19.5 Å². The Hall–Kier alpha value is -2.80. The molecule has 7 heteroatoms. The number of rotatable bonds is 8. The van der Waals surface area contributed by atoms with Crippen LogP contribution in [0.3, 0.4) is 0 Å². The van der Waals surface area contributed by atoms with E-state index in [1.54, 1.807) is 44.4 Å². The van der Waals surface area contributed by atoms with E-state index in [9.17, 15) is 14.4 Å². The number of carboxylic acid groups (broad SMARTS) is 1. The SMILES string of the molecule is CN(C)C(=O)c1cccc(C(=O)Nc2cccc(CSCCC(=O)O)c2)c1. The Kier molecular flexibility index (Phi) is 7.43. The fourth-order valence-corrected chi connectivity index (χ4v) is 3.22. The number of thioether (sulfide) groups is 1. The molecule has 0 saturated heterocycles. The Morgan fingerprint density at radius 1 is 1.04 bits per heavy atom. The van der Waals surface area contributed by atoms with E-state index in [4.69, 9.17) is 5.11 Å². The van der Waals surface area contributed by atoms with Gasteiger partial charge in [-0.2, -0.15) is 11.8 Å². The molecule has 0 bridgehead atoms. The first-order chi connectivity index (χ1) is 12.9. The molecule has 0 aliphatic heterocycles. The van der Waals surface area contributed by atoms with E-state index >= 15 is 0 Å². The number of amides is 2. The largest absolute Gasteiger partial charge is 0.481 e. The third-order valence-electron chi connectivity index (χ3n) is 3.69. The zero-order valence-corrected chi connectivity index (χ0v) is 16.1. The lowest BCUT2D eigenvalue weighted by Gasteiger charge is -2.11. The number of carbonyl (C=O) groups is 3. The molecule has 0 saturated carbocycles. The highest BCUT2D eigenvalue weighted by molar-refractivity contribution is 7.98. The first kappa shape index (κ1) is 20.5. The molecule has 0 aromatic heterocycles. The second-order valence-electron chi connectivity index (χ2n) is 6.13. The summed E-state index contributed by atoms with van der Waals surface area (Å²) in [6.07, 6.45) is 0.128. The Morgan fingerprint density at radius 3 is 2.44 bits per heavy atom. The normalized spacial score (nSPS) is 10.3. The minimum absolute atomic E-state index is 0.128. The maximum Gasteiger partial charge on any atom is 0.304 e. The first-order valence-corrected chi connectivity index (χ1v) is 9.54. The molecule has 2 aromatic carbocycles. The van der Waals surface area contributed by atoms with Gasteiger partial charge in [0.2, 0.25) is 0 Å². The third kappa shape index (κ3) is 6.45. The van der Waals surface area contributed by atoms with Gasteiger partial charge in [-0.05, 0) is 35.9 Å². The van der Waals surface area contributed by atoms with Crippen molar-refractivity contribution >= 4 is 35.2 Å². The van der Waals surface area contributed by atoms with Crippen molar-refractivity contribution in [2.24, 2.45) is 0 Å². The molecule has 142 valence electrons. The van der Waals surface area contributed by atoms with Crippen LogP contribution in [0.25, 0.3) is 0 Å². The molecular weight excluding hydrogens is 364 g/mol. The minimum Gasteiger partial charge on any atom is -0.481 e. The molecule has 27 heavy (non-hydrogen) atoms. The topological polar surface area (TPSA) is 86.7 Å². The monoisotopic (exact) mass is 386 g/mol. The van der Waals surface area contributed by atoms with Gasteiger partial charge in [0.15, 0.2) is 0 Å². The van der Waals surface area contributed by atoms with Crippen LogP contribution in [-0.2, 0) is 10.5 Å². The number of benzene rings is 2. The Bertz CT molecular complexity index is 836. The predicted molar refractivity (Wildman–Crippen MR) is 107 cm³/mol. The Morgan fingerprint density at radius 2 is 1.74 bits per heavy atom. The van der Waals surface area contributed by atoms with E-state index in [-0.39, 0.29) is 18.2 Å². The van der Waals surface area contributed by atoms with Gasteiger partial charge in [-0.1, -0.05) is 18.2 Å². The molecule has 0 atom stereocenters. The number of hydrogen-bond donors (Lipinski definition) is 2. The zero-order chi connectivity index (χ0) is 19.8. The summed E-state index contributed by atoms with van der Waals surface area (Å²) in [7, 11) is 3.32. The first-order valence-electron chi connectivity index (χ1n) is 8.38. The van der Waals surface area contributed by atoms with Crippen molar-refractivity contribution in [3.63, 3.8) is 0 Å². The second-order valence-corrected chi connectivity index (χ2v) is 7.24. The summed E-state index contributed by atoms with van der Waals surface area (Å²) in [4.78, 5) is 36.5. The summed E-state index contributed by atoms with van der Waals surface area (Å²) in [5, 5.41) is 11.5. The second kappa shape index (κ2) is 9.78. The maximum absolute atomic E-state index is 12.5. The lowest BCUT2D eigenvalue weighted by atomic mass is 10.1. The van der Waals surface area contributed by atoms with Gasteiger partial charge in [0, 0.05) is 42.4 Å². The highest BCUT2D eigenvalue weighted by Gasteiger charge is 2.12. The van der Waals surface area contributed by atoms with E-state index < -0.39 is 5.97 Å². The van der Waals surface area contributed by atoms with Gasteiger partial charge < -0.3 is 15.3 Å². The quantitative estimate of drug-likeness (QED) is 0.680. The van der Waals surface area contributed by atoms with Crippen LogP contribution in [0, 0.1) is 0 Å². The van der Waals surface area contributed by atoms with Crippen LogP contribution in [0.4, 0.5) is 5.69 Å². The zero-order valence-electron chi connectivity index (χ0n) is 15.3. The van der Waals surface area contributed by atoms with Gasteiger partial charge in [-0.25, -0.2) is 0 Å². The number of carbonyl (C=O) groups excluding carboxylic acids is 2. The number of nitrogens with one attached hydrogen (secondary N) is 1. The molecule has 0 radical (unpaired) electrons. The molecule has 2 amide bonds. The molecule has 0 aliphatic carbocycles. The molecule has 2 aromatic rings. The highest BCUT2D eigenvalue weighted by atomic mass is 32.2. The molecule has 2 N–H and O–H groups in total. The standard InChI is InChI=1S/C20H22N2O4S/c1-22(2)20(26)16-7-4-6-15(12-16)19(25)21-17-8-3-5-14(11-17)13-27-10-9-18(23)24/h3-8,11-12H,9-10,13H2,1-2H3,(H,21,25)(H,23,24). The van der Waals surface area contributed by atoms with Crippen LogP contribution in [-0.4, -0.2) is 47.6 Å². The number of hydrogen-bond acceptors (Lipinski definition) is 4. The fourth-order valence-electron chi connectivity index (χ4n) is 2.34. The van der Waals surface area contributed by atoms with Gasteiger partial charge in [-0.15, -0.1) is 0 Å². The van der Waals surface area contributed by atoms with Crippen LogP contribution >= 0.6 is 11.8 Å². The molecule has 2 rings (SSSR count). The van der Waals surface area contributed by atoms with E-state index in [2.05, 4.69) is 5.32 Å². The van der Waals surface area contributed by atoms with E-state index in [1.807, 2.05) is 18.2 Å². The minimum atomic E-state index is -0.807.